The average Bonchev–Trinajstić information content (AvgIpc) is 3.92. The number of anilines is 3. The molecule has 3 aromatic carbocycles. The van der Waals surface area contributed by atoms with Crippen molar-refractivity contribution in [3.63, 3.8) is 0 Å². The third kappa shape index (κ3) is 11.4. The predicted molar refractivity (Wildman–Crippen MR) is 245 cm³/mol. The van der Waals surface area contributed by atoms with Crippen LogP contribution in [0.3, 0.4) is 0 Å². The molecule has 1 aliphatic rings. The molecule has 19 nitrogen and oxygen atoms in total. The lowest BCUT2D eigenvalue weighted by Crippen LogP contribution is -2.49. The topological polar surface area (TPSA) is 252 Å². The molecule has 6 rings (SSSR count). The molecular formula is C42H49ClN10O9SSi. The number of hydrogen-bond donors (Lipinski definition) is 6. The first-order chi connectivity index (χ1) is 30.3. The van der Waals surface area contributed by atoms with E-state index in [1.165, 1.54) is 41.3 Å². The van der Waals surface area contributed by atoms with Crippen molar-refractivity contribution in [2.45, 2.75) is 70.2 Å². The number of carboxylic acids is 1. The summed E-state index contributed by atoms with van der Waals surface area (Å²) in [6, 6.07) is 14.9. The normalized spacial score (nSPS) is 13.8. The van der Waals surface area contributed by atoms with Crippen LogP contribution >= 0.6 is 23.4 Å². The van der Waals surface area contributed by atoms with Crippen LogP contribution in [-0.4, -0.2) is 121 Å². The van der Waals surface area contributed by atoms with E-state index in [0.717, 1.165) is 30.4 Å². The summed E-state index contributed by atoms with van der Waals surface area (Å²) < 4.78 is 8.30. The summed E-state index contributed by atoms with van der Waals surface area (Å²) in [5.41, 5.74) is 1.18. The Labute approximate surface area is 378 Å². The fourth-order valence-corrected chi connectivity index (χ4v) is 9.08. The van der Waals surface area contributed by atoms with Gasteiger partial charge in [-0.05, 0) is 113 Å². The van der Waals surface area contributed by atoms with Gasteiger partial charge >= 0.3 is 29.9 Å². The molecule has 0 bridgehead atoms. The number of tetrazole rings is 1. The molecule has 5 amide bonds. The number of aromatic nitrogens is 5. The first kappa shape index (κ1) is 47.2. The van der Waals surface area contributed by atoms with Gasteiger partial charge in [0.05, 0.1) is 23.5 Å². The number of carbonyl (C=O) groups is 6. The number of halogens is 1. The zero-order valence-electron chi connectivity index (χ0n) is 35.8. The molecule has 6 N–H and O–H groups in total. The van der Waals surface area contributed by atoms with E-state index in [-0.39, 0.29) is 50.8 Å². The maximum absolute atomic E-state index is 14.0. The van der Waals surface area contributed by atoms with E-state index in [0.29, 0.717) is 34.7 Å². The van der Waals surface area contributed by atoms with Crippen LogP contribution in [0, 0.1) is 0 Å². The van der Waals surface area contributed by atoms with Gasteiger partial charge in [-0.2, -0.15) is 16.4 Å². The third-order valence-electron chi connectivity index (χ3n) is 11.2. The van der Waals surface area contributed by atoms with Gasteiger partial charge in [0.1, 0.15) is 18.1 Å². The Morgan fingerprint density at radius 1 is 0.922 bits per heavy atom. The summed E-state index contributed by atoms with van der Waals surface area (Å²) >= 11 is 8.06. The van der Waals surface area contributed by atoms with Crippen molar-refractivity contribution in [1.82, 2.24) is 35.0 Å². The first-order valence-electron chi connectivity index (χ1n) is 20.3. The van der Waals surface area contributed by atoms with Crippen LogP contribution in [-0.2, 0) is 25.2 Å². The van der Waals surface area contributed by atoms with Crippen LogP contribution in [0.25, 0.3) is 16.6 Å². The summed E-state index contributed by atoms with van der Waals surface area (Å²) in [5, 5.41) is 41.4. The van der Waals surface area contributed by atoms with Gasteiger partial charge in [-0.1, -0.05) is 44.5 Å². The van der Waals surface area contributed by atoms with Crippen molar-refractivity contribution in [3.8, 4) is 5.69 Å². The number of thioether (sulfide) groups is 1. The highest BCUT2D eigenvalue weighted by Crippen LogP contribution is 2.36. The molecule has 1 fully saturated rings. The minimum atomic E-state index is -2.04. The number of benzene rings is 3. The van der Waals surface area contributed by atoms with E-state index in [9.17, 15) is 39.0 Å². The number of carbonyl (C=O) groups excluding carboxylic acids is 4. The largest absolute Gasteiger partial charge is 0.477 e. The Bertz CT molecular complexity index is 2540. The molecule has 0 spiro atoms. The predicted octanol–water partition coefficient (Wildman–Crippen LogP) is 6.55. The molecule has 1 aliphatic heterocycles. The second kappa shape index (κ2) is 20.0. The van der Waals surface area contributed by atoms with E-state index in [1.54, 1.807) is 30.3 Å². The molecule has 22 heteroatoms. The molecular weight excluding hydrogens is 884 g/mol. The average molecular weight is 934 g/mol. The van der Waals surface area contributed by atoms with Gasteiger partial charge in [-0.25, -0.2) is 19.0 Å². The summed E-state index contributed by atoms with van der Waals surface area (Å²) in [6.45, 7) is 11.7. The van der Waals surface area contributed by atoms with E-state index < -0.39 is 49.8 Å². The lowest BCUT2D eigenvalue weighted by atomic mass is 10.0. The number of fused-ring (bicyclic) bond motifs is 1. The molecule has 64 heavy (non-hydrogen) atoms. The lowest BCUT2D eigenvalue weighted by molar-refractivity contribution is -0.137. The van der Waals surface area contributed by atoms with Crippen molar-refractivity contribution in [1.29, 1.82) is 0 Å². The highest BCUT2D eigenvalue weighted by Gasteiger charge is 2.37. The maximum Gasteiger partial charge on any atom is 0.416 e. The monoisotopic (exact) mass is 932 g/mol. The third-order valence-corrected chi connectivity index (χ3v) is 17.1. The minimum absolute atomic E-state index is 0.0233. The molecule has 5 aromatic rings. The first-order valence-corrected chi connectivity index (χ1v) is 24.7. The molecule has 1 saturated heterocycles. The van der Waals surface area contributed by atoms with Crippen molar-refractivity contribution < 1.29 is 43.4 Å². The van der Waals surface area contributed by atoms with Gasteiger partial charge in [-0.3, -0.25) is 14.4 Å². The van der Waals surface area contributed by atoms with Gasteiger partial charge < -0.3 is 40.8 Å². The van der Waals surface area contributed by atoms with Gasteiger partial charge in [0, 0.05) is 40.8 Å². The number of aromatic carboxylic acids is 1. The van der Waals surface area contributed by atoms with Crippen LogP contribution in [0.4, 0.5) is 26.7 Å². The number of carboxylic acid groups (broad SMARTS) is 2. The van der Waals surface area contributed by atoms with Crippen LogP contribution in [0.2, 0.25) is 23.2 Å². The molecule has 0 radical (unpaired) electrons. The van der Waals surface area contributed by atoms with Crippen LogP contribution in [0.15, 0.2) is 73.1 Å². The SMILES string of the molecule is CC(C)(C)[Si](C)(C)OCCN(C(=O)Nc1ccc(CC(NC(=O)C(=O)Nc2cc(Cl)ccc2-n2cnnn2)C(=O)Nc2ccc3c(c2)cc(C(=O)O)n3C(=O)O)cc1)C1CCSCC1. The molecule has 1 atom stereocenters. The number of rotatable bonds is 14. The highest BCUT2D eigenvalue weighted by molar-refractivity contribution is 7.99. The van der Waals surface area contributed by atoms with Gasteiger partial charge in [0.25, 0.3) is 0 Å². The Morgan fingerprint density at radius 2 is 1.62 bits per heavy atom. The quantitative estimate of drug-likeness (QED) is 0.0511. The minimum Gasteiger partial charge on any atom is -0.477 e. The van der Waals surface area contributed by atoms with Crippen molar-refractivity contribution in [3.05, 3.63) is 89.3 Å². The molecule has 338 valence electrons. The number of urea groups is 1. The van der Waals surface area contributed by atoms with Gasteiger partial charge in [0.15, 0.2) is 8.32 Å². The van der Waals surface area contributed by atoms with Crippen LogP contribution in [0.1, 0.15) is 49.7 Å². The Hall–Kier alpha value is -6.29. The van der Waals surface area contributed by atoms with Crippen molar-refractivity contribution in [2.24, 2.45) is 0 Å². The van der Waals surface area contributed by atoms with Crippen LogP contribution < -0.4 is 21.3 Å². The Kier molecular flexibility index (Phi) is 14.8. The van der Waals surface area contributed by atoms with Crippen LogP contribution in [0.5, 0.6) is 0 Å². The van der Waals surface area contributed by atoms with Crippen molar-refractivity contribution >= 4 is 95.5 Å². The molecule has 1 unspecified atom stereocenters. The molecule has 0 aliphatic carbocycles. The number of hydrogen-bond acceptors (Lipinski definition) is 11. The van der Waals surface area contributed by atoms with E-state index in [1.807, 2.05) is 16.7 Å². The molecule has 0 saturated carbocycles. The second-order valence-electron chi connectivity index (χ2n) is 16.6. The fourth-order valence-electron chi connectivity index (χ4n) is 6.80. The van der Waals surface area contributed by atoms with E-state index >= 15 is 0 Å². The number of nitrogens with one attached hydrogen (secondary N) is 4. The maximum atomic E-state index is 14.0. The van der Waals surface area contributed by atoms with Crippen molar-refractivity contribution in [2.75, 3.05) is 40.6 Å². The van der Waals surface area contributed by atoms with E-state index in [2.05, 4.69) is 70.7 Å². The Morgan fingerprint density at radius 3 is 2.27 bits per heavy atom. The highest BCUT2D eigenvalue weighted by atomic mass is 35.5. The molecule has 2 aromatic heterocycles. The van der Waals surface area contributed by atoms with E-state index in [4.69, 9.17) is 16.0 Å². The number of nitrogens with zero attached hydrogens (tertiary/aromatic N) is 6. The Balaban J connectivity index is 1.20. The second-order valence-corrected chi connectivity index (χ2v) is 23.1. The lowest BCUT2D eigenvalue weighted by Gasteiger charge is -2.38. The smallest absolute Gasteiger partial charge is 0.416 e. The zero-order valence-corrected chi connectivity index (χ0v) is 38.3. The summed E-state index contributed by atoms with van der Waals surface area (Å²) in [6.07, 6.45) is 1.39. The van der Waals surface area contributed by atoms with Gasteiger partial charge in [0.2, 0.25) is 5.91 Å². The standard InChI is InChI=1S/C42H49ClN10O9SSi/c1-42(2,3)64(4,5)62-17-16-51(30-14-18-63-19-15-30)40(59)46-28-9-6-25(7-10-28)20-32(36(54)45-29-11-13-33-26(21-29)22-35(39(57)58)53(33)41(60)61)48-38(56)37(55)47-31-23-27(43)8-12-34(31)52-24-44-49-50-52/h6-13,21-24,30,32H,14-20H2,1-5H3,(H,45,54)(H,46,59)(H,47,55)(H,48,56)(H,57,58)(H,60,61). The molecule has 3 heterocycles. The zero-order chi connectivity index (χ0) is 46.3. The number of amides is 5. The summed E-state index contributed by atoms with van der Waals surface area (Å²) in [7, 11) is -2.04. The summed E-state index contributed by atoms with van der Waals surface area (Å²) in [5.74, 6) is -2.62. The summed E-state index contributed by atoms with van der Waals surface area (Å²) in [4.78, 5) is 80.2. The van der Waals surface area contributed by atoms with Gasteiger partial charge in [-0.15, -0.1) is 5.10 Å². The fraction of sp³-hybridized carbons (Fsp3) is 0.357.